The van der Waals surface area contributed by atoms with Crippen molar-refractivity contribution in [3.05, 3.63) is 36.0 Å². The van der Waals surface area contributed by atoms with Crippen LogP contribution in [0.2, 0.25) is 0 Å². The monoisotopic (exact) mass is 576 g/mol. The summed E-state index contributed by atoms with van der Waals surface area (Å²) >= 11 is 0. The van der Waals surface area contributed by atoms with Gasteiger partial charge in [-0.2, -0.15) is 0 Å². The van der Waals surface area contributed by atoms with Crippen molar-refractivity contribution in [1.82, 2.24) is 20.9 Å². The van der Waals surface area contributed by atoms with Gasteiger partial charge in [0.25, 0.3) is 0 Å². The molecule has 0 fully saturated rings. The van der Waals surface area contributed by atoms with E-state index in [1.807, 2.05) is 0 Å². The first-order valence-corrected chi connectivity index (χ1v) is 12.4. The third kappa shape index (κ3) is 10.2. The summed E-state index contributed by atoms with van der Waals surface area (Å²) in [6.45, 7) is 0. The number of nitrogens with one attached hydrogen (secondary N) is 4. The Labute approximate surface area is 232 Å². The molecule has 0 saturated heterocycles. The van der Waals surface area contributed by atoms with Crippen LogP contribution in [-0.4, -0.2) is 86.0 Å². The van der Waals surface area contributed by atoms with Gasteiger partial charge >= 0.3 is 17.9 Å². The zero-order valence-electron chi connectivity index (χ0n) is 21.8. The lowest BCUT2D eigenvalue weighted by Gasteiger charge is -2.25. The maximum absolute atomic E-state index is 13.4. The number of para-hydroxylation sites is 1. The van der Waals surface area contributed by atoms with Crippen LogP contribution in [0.5, 0.6) is 0 Å². The van der Waals surface area contributed by atoms with Crippen molar-refractivity contribution in [1.29, 1.82) is 0 Å². The van der Waals surface area contributed by atoms with Crippen LogP contribution in [0.4, 0.5) is 0 Å². The molecule has 0 aliphatic rings. The second-order valence-electron chi connectivity index (χ2n) is 9.23. The Hall–Kier alpha value is -4.99. The van der Waals surface area contributed by atoms with E-state index in [4.69, 9.17) is 21.7 Å². The summed E-state index contributed by atoms with van der Waals surface area (Å²) in [7, 11) is 0. The van der Waals surface area contributed by atoms with Gasteiger partial charge in [-0.05, 0) is 24.5 Å². The number of aromatic nitrogens is 1. The van der Waals surface area contributed by atoms with Crippen LogP contribution in [0.1, 0.15) is 37.7 Å². The number of carbonyl (C=O) groups is 7. The largest absolute Gasteiger partial charge is 0.481 e. The van der Waals surface area contributed by atoms with Crippen LogP contribution < -0.4 is 27.4 Å². The van der Waals surface area contributed by atoms with Gasteiger partial charge in [-0.3, -0.25) is 28.8 Å². The number of primary amides is 1. The number of carboxylic acids is 3. The molecule has 11 N–H and O–H groups in total. The SMILES string of the molecule is NC(=O)CCC(NC(=O)C(CCC(=O)O)NC(=O)C(Cc1c[nH]c2ccccc12)NC(=O)C(N)CC(=O)O)C(=O)O. The molecule has 0 spiro atoms. The Morgan fingerprint density at radius 2 is 1.37 bits per heavy atom. The standard InChI is InChI=1S/C25H32N6O10/c26-14(10-21(35)36)22(37)31-18(9-12-11-28-15-4-2-1-3-13(12)15)24(39)29-16(6-8-20(33)34)23(38)30-17(25(40)41)5-7-19(27)32/h1-4,11,14,16-18,28H,5-10,26H2,(H2,27,32)(H,29,39)(H,30,38)(H,31,37)(H,33,34)(H,35,36)(H,40,41). The average Bonchev–Trinajstić information content (AvgIpc) is 3.30. The fourth-order valence-corrected chi connectivity index (χ4v) is 3.91. The summed E-state index contributed by atoms with van der Waals surface area (Å²) in [6, 6.07) is 1.05. The average molecular weight is 577 g/mol. The number of H-pyrrole nitrogens is 1. The maximum atomic E-state index is 13.4. The third-order valence-electron chi connectivity index (χ3n) is 6.04. The van der Waals surface area contributed by atoms with Crippen LogP contribution in [-0.2, 0) is 40.0 Å². The lowest BCUT2D eigenvalue weighted by Crippen LogP contribution is -2.57. The van der Waals surface area contributed by atoms with Gasteiger partial charge in [0.15, 0.2) is 0 Å². The lowest BCUT2D eigenvalue weighted by atomic mass is 10.0. The second-order valence-corrected chi connectivity index (χ2v) is 9.23. The third-order valence-corrected chi connectivity index (χ3v) is 6.04. The molecular weight excluding hydrogens is 544 g/mol. The highest BCUT2D eigenvalue weighted by Crippen LogP contribution is 2.19. The fourth-order valence-electron chi connectivity index (χ4n) is 3.91. The minimum absolute atomic E-state index is 0.134. The van der Waals surface area contributed by atoms with Gasteiger partial charge in [0, 0.05) is 36.4 Å². The molecule has 222 valence electrons. The van der Waals surface area contributed by atoms with E-state index in [2.05, 4.69) is 20.9 Å². The summed E-state index contributed by atoms with van der Waals surface area (Å²) < 4.78 is 0. The maximum Gasteiger partial charge on any atom is 0.326 e. The molecule has 0 radical (unpaired) electrons. The minimum Gasteiger partial charge on any atom is -0.481 e. The van der Waals surface area contributed by atoms with Crippen molar-refractivity contribution < 1.29 is 48.9 Å². The van der Waals surface area contributed by atoms with Gasteiger partial charge in [-0.1, -0.05) is 18.2 Å². The molecule has 41 heavy (non-hydrogen) atoms. The van der Waals surface area contributed by atoms with Crippen LogP contribution in [0.25, 0.3) is 10.9 Å². The van der Waals surface area contributed by atoms with Crippen molar-refractivity contribution in [2.75, 3.05) is 0 Å². The summed E-state index contributed by atoms with van der Waals surface area (Å²) in [6.07, 6.45) is -1.000. The Kier molecular flexibility index (Phi) is 11.8. The lowest BCUT2D eigenvalue weighted by molar-refractivity contribution is -0.143. The first-order valence-electron chi connectivity index (χ1n) is 12.4. The first-order chi connectivity index (χ1) is 19.3. The Bertz CT molecular complexity index is 1310. The number of amides is 4. The molecule has 2 aromatic rings. The fraction of sp³-hybridized carbons (Fsp3) is 0.400. The van der Waals surface area contributed by atoms with Gasteiger partial charge in [0.2, 0.25) is 23.6 Å². The molecule has 0 saturated carbocycles. The van der Waals surface area contributed by atoms with E-state index in [-0.39, 0.29) is 19.3 Å². The zero-order valence-corrected chi connectivity index (χ0v) is 21.8. The molecule has 4 amide bonds. The topological polar surface area (TPSA) is 284 Å². The molecule has 4 atom stereocenters. The highest BCUT2D eigenvalue weighted by Gasteiger charge is 2.31. The summed E-state index contributed by atoms with van der Waals surface area (Å²) in [5.41, 5.74) is 12.0. The first kappa shape index (κ1) is 32.2. The predicted octanol–water partition coefficient (Wildman–Crippen LogP) is -1.82. The van der Waals surface area contributed by atoms with Crippen LogP contribution in [0, 0.1) is 0 Å². The summed E-state index contributed by atoms with van der Waals surface area (Å²) in [5, 5.41) is 35.1. The van der Waals surface area contributed by atoms with Crippen LogP contribution in [0.3, 0.4) is 0 Å². The number of aromatic amines is 1. The smallest absolute Gasteiger partial charge is 0.326 e. The highest BCUT2D eigenvalue weighted by atomic mass is 16.4. The normalized spacial score (nSPS) is 13.8. The Balaban J connectivity index is 2.31. The molecule has 4 unspecified atom stereocenters. The summed E-state index contributed by atoms with van der Waals surface area (Å²) in [5.74, 6) is -7.89. The van der Waals surface area contributed by atoms with Crippen LogP contribution >= 0.6 is 0 Å². The van der Waals surface area contributed by atoms with E-state index < -0.39 is 85.0 Å². The van der Waals surface area contributed by atoms with Crippen molar-refractivity contribution in [3.63, 3.8) is 0 Å². The predicted molar refractivity (Wildman–Crippen MR) is 141 cm³/mol. The van der Waals surface area contributed by atoms with Crippen molar-refractivity contribution in [2.24, 2.45) is 11.5 Å². The number of benzene rings is 1. The van der Waals surface area contributed by atoms with Gasteiger partial charge in [-0.25, -0.2) is 4.79 Å². The molecule has 2 rings (SSSR count). The molecule has 0 aliphatic heterocycles. The van der Waals surface area contributed by atoms with Gasteiger partial charge in [-0.15, -0.1) is 0 Å². The minimum atomic E-state index is -1.56. The molecule has 16 nitrogen and oxygen atoms in total. The number of hydrogen-bond acceptors (Lipinski definition) is 8. The summed E-state index contributed by atoms with van der Waals surface area (Å²) in [4.78, 5) is 86.8. The number of rotatable bonds is 17. The van der Waals surface area contributed by atoms with Gasteiger partial charge in [0.05, 0.1) is 12.5 Å². The van der Waals surface area contributed by atoms with Crippen molar-refractivity contribution >= 4 is 52.4 Å². The van der Waals surface area contributed by atoms with E-state index >= 15 is 0 Å². The van der Waals surface area contributed by atoms with Gasteiger partial charge < -0.3 is 47.7 Å². The van der Waals surface area contributed by atoms with E-state index in [0.717, 1.165) is 5.52 Å². The van der Waals surface area contributed by atoms with Crippen molar-refractivity contribution in [3.8, 4) is 0 Å². The van der Waals surface area contributed by atoms with E-state index in [0.29, 0.717) is 10.9 Å². The van der Waals surface area contributed by atoms with E-state index in [1.54, 1.807) is 30.5 Å². The number of hydrogen-bond donors (Lipinski definition) is 9. The molecule has 1 heterocycles. The Morgan fingerprint density at radius 1 is 0.780 bits per heavy atom. The number of fused-ring (bicyclic) bond motifs is 1. The molecule has 0 bridgehead atoms. The zero-order chi connectivity index (χ0) is 30.7. The van der Waals surface area contributed by atoms with Crippen LogP contribution in [0.15, 0.2) is 30.5 Å². The number of nitrogens with two attached hydrogens (primary N) is 2. The van der Waals surface area contributed by atoms with Crippen molar-refractivity contribution in [2.45, 2.75) is 62.7 Å². The van der Waals surface area contributed by atoms with E-state index in [9.17, 15) is 38.7 Å². The molecule has 0 aliphatic carbocycles. The molecular formula is C25H32N6O10. The quantitative estimate of drug-likeness (QED) is 0.101. The second kappa shape index (κ2) is 15.0. The van der Waals surface area contributed by atoms with E-state index in [1.165, 1.54) is 0 Å². The highest BCUT2D eigenvalue weighted by molar-refractivity contribution is 5.95. The molecule has 1 aromatic heterocycles. The molecule has 16 heteroatoms. The number of carboxylic acid groups (broad SMARTS) is 3. The number of carbonyl (C=O) groups excluding carboxylic acids is 4. The number of aliphatic carboxylic acids is 3. The van der Waals surface area contributed by atoms with Gasteiger partial charge in [0.1, 0.15) is 18.1 Å². The molecule has 1 aromatic carbocycles. The Morgan fingerprint density at radius 3 is 1.98 bits per heavy atom.